The van der Waals surface area contributed by atoms with Gasteiger partial charge in [-0.1, -0.05) is 23.7 Å². The SMILES string of the molecule is CN(C(=O)Cc1ccc(Cl)cc1)c1ccncc1N. The minimum absolute atomic E-state index is 0.0415. The lowest BCUT2D eigenvalue weighted by Crippen LogP contribution is -2.28. The van der Waals surface area contributed by atoms with E-state index in [-0.39, 0.29) is 5.91 Å². The number of nitrogens with zero attached hydrogens (tertiary/aromatic N) is 2. The Morgan fingerprint density at radius 1 is 1.32 bits per heavy atom. The number of hydrogen-bond acceptors (Lipinski definition) is 3. The number of anilines is 2. The van der Waals surface area contributed by atoms with Gasteiger partial charge in [0.2, 0.25) is 5.91 Å². The first-order chi connectivity index (χ1) is 9.08. The van der Waals surface area contributed by atoms with Gasteiger partial charge in [-0.2, -0.15) is 0 Å². The number of pyridine rings is 1. The van der Waals surface area contributed by atoms with Crippen molar-refractivity contribution in [3.8, 4) is 0 Å². The average Bonchev–Trinajstić information content (AvgIpc) is 2.41. The Bertz CT molecular complexity index is 583. The highest BCUT2D eigenvalue weighted by Gasteiger charge is 2.13. The van der Waals surface area contributed by atoms with Crippen molar-refractivity contribution >= 4 is 28.9 Å². The molecule has 1 heterocycles. The third kappa shape index (κ3) is 3.23. The summed E-state index contributed by atoms with van der Waals surface area (Å²) >= 11 is 5.81. The Kier molecular flexibility index (Phi) is 4.02. The summed E-state index contributed by atoms with van der Waals surface area (Å²) in [6.45, 7) is 0. The van der Waals surface area contributed by atoms with E-state index in [9.17, 15) is 4.79 Å². The first kappa shape index (κ1) is 13.4. The smallest absolute Gasteiger partial charge is 0.231 e. The monoisotopic (exact) mass is 275 g/mol. The van der Waals surface area contributed by atoms with Gasteiger partial charge in [0.05, 0.1) is 24.0 Å². The summed E-state index contributed by atoms with van der Waals surface area (Å²) in [5.41, 5.74) is 7.85. The third-order valence-corrected chi connectivity index (χ3v) is 3.08. The lowest BCUT2D eigenvalue weighted by atomic mass is 10.1. The average molecular weight is 276 g/mol. The van der Waals surface area contributed by atoms with Gasteiger partial charge in [0.25, 0.3) is 0 Å². The van der Waals surface area contributed by atoms with Gasteiger partial charge in [0.1, 0.15) is 0 Å². The number of likely N-dealkylation sites (N-methyl/N-ethyl adjacent to an activating group) is 1. The number of hydrogen-bond donors (Lipinski definition) is 1. The van der Waals surface area contributed by atoms with Crippen LogP contribution in [0.5, 0.6) is 0 Å². The zero-order valence-corrected chi connectivity index (χ0v) is 11.3. The number of carbonyl (C=O) groups excluding carboxylic acids is 1. The molecule has 1 aromatic carbocycles. The molecule has 0 aliphatic heterocycles. The maximum atomic E-state index is 12.2. The minimum atomic E-state index is -0.0415. The highest BCUT2D eigenvalue weighted by molar-refractivity contribution is 6.30. The van der Waals surface area contributed by atoms with E-state index in [1.807, 2.05) is 12.1 Å². The number of rotatable bonds is 3. The molecule has 2 N–H and O–H groups in total. The fourth-order valence-electron chi connectivity index (χ4n) is 1.73. The van der Waals surface area contributed by atoms with Gasteiger partial charge in [-0.25, -0.2) is 0 Å². The van der Waals surface area contributed by atoms with E-state index in [0.29, 0.717) is 22.8 Å². The summed E-state index contributed by atoms with van der Waals surface area (Å²) in [5.74, 6) is -0.0415. The summed E-state index contributed by atoms with van der Waals surface area (Å²) in [6, 6.07) is 8.93. The number of carbonyl (C=O) groups is 1. The molecule has 2 aromatic rings. The molecule has 1 aromatic heterocycles. The van der Waals surface area contributed by atoms with Crippen LogP contribution in [0, 0.1) is 0 Å². The Morgan fingerprint density at radius 3 is 2.63 bits per heavy atom. The van der Waals surface area contributed by atoms with Crippen molar-refractivity contribution in [2.75, 3.05) is 17.7 Å². The molecule has 5 heteroatoms. The molecule has 0 spiro atoms. The van der Waals surface area contributed by atoms with Gasteiger partial charge < -0.3 is 10.6 Å². The van der Waals surface area contributed by atoms with Gasteiger partial charge >= 0.3 is 0 Å². The molecular weight excluding hydrogens is 262 g/mol. The second kappa shape index (κ2) is 5.71. The zero-order chi connectivity index (χ0) is 13.8. The van der Waals surface area contributed by atoms with Crippen molar-refractivity contribution in [2.24, 2.45) is 0 Å². The molecule has 19 heavy (non-hydrogen) atoms. The van der Waals surface area contributed by atoms with Gasteiger partial charge in [-0.3, -0.25) is 9.78 Å². The largest absolute Gasteiger partial charge is 0.396 e. The van der Waals surface area contributed by atoms with Crippen LogP contribution in [0.1, 0.15) is 5.56 Å². The quantitative estimate of drug-likeness (QED) is 0.936. The second-order valence-corrected chi connectivity index (χ2v) is 4.63. The maximum absolute atomic E-state index is 12.2. The van der Waals surface area contributed by atoms with Crippen LogP contribution in [-0.4, -0.2) is 17.9 Å². The van der Waals surface area contributed by atoms with Crippen LogP contribution in [0.4, 0.5) is 11.4 Å². The molecule has 0 unspecified atom stereocenters. The Morgan fingerprint density at radius 2 is 2.00 bits per heavy atom. The van der Waals surface area contributed by atoms with E-state index in [4.69, 9.17) is 17.3 Å². The molecule has 2 rings (SSSR count). The second-order valence-electron chi connectivity index (χ2n) is 4.19. The van der Waals surface area contributed by atoms with Crippen LogP contribution in [0.15, 0.2) is 42.7 Å². The fourth-order valence-corrected chi connectivity index (χ4v) is 1.86. The third-order valence-electron chi connectivity index (χ3n) is 2.83. The van der Waals surface area contributed by atoms with Gasteiger partial charge in [-0.15, -0.1) is 0 Å². The van der Waals surface area contributed by atoms with Crippen molar-refractivity contribution in [3.63, 3.8) is 0 Å². The van der Waals surface area contributed by atoms with Crippen LogP contribution in [0.2, 0.25) is 5.02 Å². The van der Waals surface area contributed by atoms with Crippen LogP contribution >= 0.6 is 11.6 Å². The first-order valence-corrected chi connectivity index (χ1v) is 6.16. The molecule has 0 fully saturated rings. The van der Waals surface area contributed by atoms with Crippen molar-refractivity contribution < 1.29 is 4.79 Å². The summed E-state index contributed by atoms with van der Waals surface area (Å²) in [6.07, 6.45) is 3.44. The molecule has 0 radical (unpaired) electrons. The Balaban J connectivity index is 2.12. The topological polar surface area (TPSA) is 59.2 Å². The highest BCUT2D eigenvalue weighted by atomic mass is 35.5. The van der Waals surface area contributed by atoms with Gasteiger partial charge in [0.15, 0.2) is 0 Å². The minimum Gasteiger partial charge on any atom is -0.396 e. The van der Waals surface area contributed by atoms with E-state index in [2.05, 4.69) is 4.98 Å². The summed E-state index contributed by atoms with van der Waals surface area (Å²) in [5, 5.41) is 0.655. The number of nitrogens with two attached hydrogens (primary N) is 1. The lowest BCUT2D eigenvalue weighted by Gasteiger charge is -2.18. The van der Waals surface area contributed by atoms with Crippen LogP contribution in [-0.2, 0) is 11.2 Å². The van der Waals surface area contributed by atoms with Crippen LogP contribution in [0.25, 0.3) is 0 Å². The first-order valence-electron chi connectivity index (χ1n) is 5.78. The van der Waals surface area contributed by atoms with Gasteiger partial charge in [-0.05, 0) is 23.8 Å². The number of benzene rings is 1. The maximum Gasteiger partial charge on any atom is 0.231 e. The molecule has 0 bridgehead atoms. The molecule has 1 amide bonds. The number of halogens is 1. The molecule has 0 aliphatic rings. The van der Waals surface area contributed by atoms with Crippen molar-refractivity contribution in [1.82, 2.24) is 4.98 Å². The summed E-state index contributed by atoms with van der Waals surface area (Å²) in [4.78, 5) is 17.6. The predicted octanol–water partition coefficient (Wildman–Crippen LogP) is 2.52. The number of nitrogen functional groups attached to an aromatic ring is 1. The fraction of sp³-hybridized carbons (Fsp3) is 0.143. The standard InChI is InChI=1S/C14H14ClN3O/c1-18(13-6-7-17-9-12(13)16)14(19)8-10-2-4-11(15)5-3-10/h2-7,9H,8,16H2,1H3. The molecule has 0 saturated heterocycles. The van der Waals surface area contributed by atoms with Crippen LogP contribution < -0.4 is 10.6 Å². The number of aromatic nitrogens is 1. The van der Waals surface area contributed by atoms with Gasteiger partial charge in [0, 0.05) is 18.3 Å². The molecule has 0 saturated carbocycles. The Labute approximate surface area is 116 Å². The van der Waals surface area contributed by atoms with Crippen molar-refractivity contribution in [3.05, 3.63) is 53.3 Å². The number of amides is 1. The Hall–Kier alpha value is -2.07. The predicted molar refractivity (Wildman–Crippen MR) is 77.2 cm³/mol. The van der Waals surface area contributed by atoms with E-state index >= 15 is 0 Å². The van der Waals surface area contributed by atoms with E-state index < -0.39 is 0 Å². The molecule has 0 atom stereocenters. The lowest BCUT2D eigenvalue weighted by molar-refractivity contribution is -0.117. The van der Waals surface area contributed by atoms with E-state index in [1.54, 1.807) is 31.4 Å². The van der Waals surface area contributed by atoms with Crippen molar-refractivity contribution in [1.29, 1.82) is 0 Å². The molecular formula is C14H14ClN3O. The zero-order valence-electron chi connectivity index (χ0n) is 10.5. The van der Waals surface area contributed by atoms with Crippen molar-refractivity contribution in [2.45, 2.75) is 6.42 Å². The highest BCUT2D eigenvalue weighted by Crippen LogP contribution is 2.21. The van der Waals surface area contributed by atoms with E-state index in [1.165, 1.54) is 11.1 Å². The van der Waals surface area contributed by atoms with Crippen LogP contribution in [0.3, 0.4) is 0 Å². The summed E-state index contributed by atoms with van der Waals surface area (Å²) in [7, 11) is 1.70. The summed E-state index contributed by atoms with van der Waals surface area (Å²) < 4.78 is 0. The normalized spacial score (nSPS) is 10.2. The molecule has 0 aliphatic carbocycles. The molecule has 98 valence electrons. The molecule has 4 nitrogen and oxygen atoms in total. The van der Waals surface area contributed by atoms with E-state index in [0.717, 1.165) is 5.56 Å².